The molecule has 1 N–H and O–H groups in total. The molecular formula is C18H13BrClN3O. The molecule has 0 spiro atoms. The lowest BCUT2D eigenvalue weighted by atomic mass is 10.2. The molecule has 4 nitrogen and oxygen atoms in total. The monoisotopic (exact) mass is 401 g/mol. The van der Waals surface area contributed by atoms with Crippen LogP contribution in [0.1, 0.15) is 5.56 Å². The third-order valence-electron chi connectivity index (χ3n) is 3.62. The summed E-state index contributed by atoms with van der Waals surface area (Å²) in [5.74, 6) is 2.57. The summed E-state index contributed by atoms with van der Waals surface area (Å²) in [4.78, 5) is 9.85. The van der Waals surface area contributed by atoms with Gasteiger partial charge in [-0.15, -0.1) is 0 Å². The normalized spacial score (nSPS) is 18.0. The first-order valence-corrected chi connectivity index (χ1v) is 8.00. The van der Waals surface area contributed by atoms with Crippen molar-refractivity contribution in [3.63, 3.8) is 0 Å². The Morgan fingerprint density at radius 3 is 2.38 bits per heavy atom. The fourth-order valence-electron chi connectivity index (χ4n) is 2.51. The third kappa shape index (κ3) is 3.19. The van der Waals surface area contributed by atoms with E-state index >= 15 is 0 Å². The van der Waals surface area contributed by atoms with Gasteiger partial charge in [-0.3, -0.25) is 4.99 Å². The number of hydrogen-bond acceptors (Lipinski definition) is 3. The van der Waals surface area contributed by atoms with Crippen LogP contribution in [0.25, 0.3) is 0 Å². The Hall–Kier alpha value is -2.21. The molecule has 1 unspecified atom stereocenters. The molecule has 0 radical (unpaired) electrons. The Kier molecular flexibility index (Phi) is 4.94. The zero-order chi connectivity index (χ0) is 15.6. The number of hydrogen-bond donors (Lipinski definition) is 1. The fraction of sp³-hybridized carbons (Fsp3) is 0. The van der Waals surface area contributed by atoms with E-state index in [4.69, 9.17) is 4.74 Å². The number of allylic oxidation sites excluding steroid dienone is 1. The van der Waals surface area contributed by atoms with Gasteiger partial charge in [-0.2, -0.15) is 4.99 Å². The van der Waals surface area contributed by atoms with E-state index in [2.05, 4.69) is 25.9 Å². The van der Waals surface area contributed by atoms with E-state index in [1.807, 2.05) is 67.0 Å². The number of benzene rings is 2. The summed E-state index contributed by atoms with van der Waals surface area (Å²) in [7, 11) is 0. The first-order valence-electron chi connectivity index (χ1n) is 7.20. The minimum Gasteiger partial charge on any atom is -1.00 e. The quantitative estimate of drug-likeness (QED) is 0.735. The zero-order valence-electron chi connectivity index (χ0n) is 12.5. The van der Waals surface area contributed by atoms with Crippen molar-refractivity contribution in [1.82, 2.24) is 0 Å². The number of quaternary nitrogens is 1. The van der Waals surface area contributed by atoms with Gasteiger partial charge in [-0.05, 0) is 52.3 Å². The maximum Gasteiger partial charge on any atom is 0.244 e. The Balaban J connectivity index is 0.00000169. The highest BCUT2D eigenvalue weighted by molar-refractivity contribution is 9.11. The van der Waals surface area contributed by atoms with Crippen molar-refractivity contribution in [2.75, 3.05) is 0 Å². The number of para-hydroxylation sites is 1. The standard InChI is InChI=1S/C18H12BrN3O.ClH/c19-17-16-12-20-10-11-22(16)18(21-17)13-6-8-15(9-7-13)23-14-4-2-1-3-5-14;/h1-12H;1H. The summed E-state index contributed by atoms with van der Waals surface area (Å²) in [6, 6.07) is 17.7. The topological polar surface area (TPSA) is 38.4 Å². The highest BCUT2D eigenvalue weighted by atomic mass is 79.9. The first-order chi connectivity index (χ1) is 11.3. The van der Waals surface area contributed by atoms with Gasteiger partial charge in [0.05, 0.1) is 18.0 Å². The molecule has 0 bridgehead atoms. The number of halogens is 2. The van der Waals surface area contributed by atoms with E-state index in [-0.39, 0.29) is 12.4 Å². The largest absolute Gasteiger partial charge is 1.00 e. The summed E-state index contributed by atoms with van der Waals surface area (Å²) in [6.45, 7) is 0. The second-order valence-electron chi connectivity index (χ2n) is 5.11. The molecule has 2 heterocycles. The van der Waals surface area contributed by atoms with Gasteiger partial charge in [0, 0.05) is 0 Å². The van der Waals surface area contributed by atoms with Crippen LogP contribution in [0.5, 0.6) is 11.5 Å². The molecule has 120 valence electrons. The third-order valence-corrected chi connectivity index (χ3v) is 4.22. The molecule has 0 aromatic heterocycles. The second kappa shape index (κ2) is 7.13. The van der Waals surface area contributed by atoms with Crippen LogP contribution < -0.4 is 22.0 Å². The highest BCUT2D eigenvalue weighted by Gasteiger charge is 2.31. The average Bonchev–Trinajstić information content (AvgIpc) is 2.94. The van der Waals surface area contributed by atoms with Crippen LogP contribution in [0.15, 0.2) is 87.3 Å². The maximum absolute atomic E-state index is 5.82. The highest BCUT2D eigenvalue weighted by Crippen LogP contribution is 2.22. The molecule has 2 aromatic carbocycles. The van der Waals surface area contributed by atoms with E-state index in [1.165, 1.54) is 0 Å². The van der Waals surface area contributed by atoms with Crippen molar-refractivity contribution in [3.8, 4) is 11.5 Å². The summed E-state index contributed by atoms with van der Waals surface area (Å²) in [6.07, 6.45) is 5.59. The summed E-state index contributed by atoms with van der Waals surface area (Å²) >= 11 is 3.50. The smallest absolute Gasteiger partial charge is 0.244 e. The van der Waals surface area contributed by atoms with Gasteiger partial charge in [0.2, 0.25) is 5.84 Å². The maximum atomic E-state index is 5.82. The van der Waals surface area contributed by atoms with Crippen molar-refractivity contribution in [1.29, 1.82) is 0 Å². The predicted molar refractivity (Wildman–Crippen MR) is 94.0 cm³/mol. The van der Waals surface area contributed by atoms with Crippen LogP contribution in [-0.2, 0) is 0 Å². The molecule has 0 saturated heterocycles. The Morgan fingerprint density at radius 1 is 0.917 bits per heavy atom. The molecule has 2 aliphatic rings. The molecule has 24 heavy (non-hydrogen) atoms. The van der Waals surface area contributed by atoms with Crippen LogP contribution in [-0.4, -0.2) is 12.1 Å². The SMILES string of the molecule is BrC1=C2C=NC=C[NH+]2C(c2ccc(Oc3ccccc3)cc2)=N1.[Cl-]. The van der Waals surface area contributed by atoms with Gasteiger partial charge < -0.3 is 17.1 Å². The van der Waals surface area contributed by atoms with Crippen molar-refractivity contribution < 1.29 is 22.0 Å². The minimum absolute atomic E-state index is 0. The molecule has 0 fully saturated rings. The van der Waals surface area contributed by atoms with Crippen LogP contribution in [0.4, 0.5) is 0 Å². The van der Waals surface area contributed by atoms with Crippen LogP contribution in [0.3, 0.4) is 0 Å². The number of fused-ring (bicyclic) bond motifs is 1. The number of nitrogens with one attached hydrogen (secondary N) is 1. The number of amidine groups is 1. The van der Waals surface area contributed by atoms with E-state index in [1.54, 1.807) is 6.20 Å². The molecular weight excluding hydrogens is 390 g/mol. The molecule has 2 aromatic rings. The number of rotatable bonds is 3. The van der Waals surface area contributed by atoms with Gasteiger partial charge in [-0.1, -0.05) is 18.2 Å². The summed E-state index contributed by atoms with van der Waals surface area (Å²) in [5.41, 5.74) is 2.07. The second-order valence-corrected chi connectivity index (χ2v) is 5.86. The summed E-state index contributed by atoms with van der Waals surface area (Å²) in [5, 5.41) is 0. The molecule has 4 rings (SSSR count). The molecule has 0 amide bonds. The van der Waals surface area contributed by atoms with Crippen LogP contribution >= 0.6 is 15.9 Å². The minimum atomic E-state index is 0. The molecule has 2 aliphatic heterocycles. The van der Waals surface area contributed by atoms with Crippen LogP contribution in [0.2, 0.25) is 0 Å². The van der Waals surface area contributed by atoms with E-state index in [0.717, 1.165) is 38.1 Å². The number of aliphatic imine (C=N–C) groups is 2. The Morgan fingerprint density at radius 2 is 1.62 bits per heavy atom. The lowest BCUT2D eigenvalue weighted by Crippen LogP contribution is -3.08. The Labute approximate surface area is 154 Å². The zero-order valence-corrected chi connectivity index (χ0v) is 14.8. The van der Waals surface area contributed by atoms with Crippen LogP contribution in [0, 0.1) is 0 Å². The van der Waals surface area contributed by atoms with Gasteiger partial charge in [0.25, 0.3) is 0 Å². The molecule has 1 atom stereocenters. The van der Waals surface area contributed by atoms with E-state index in [9.17, 15) is 0 Å². The number of nitrogens with zero attached hydrogens (tertiary/aromatic N) is 2. The first kappa shape index (κ1) is 16.6. The van der Waals surface area contributed by atoms with E-state index < -0.39 is 0 Å². The molecule has 0 aliphatic carbocycles. The van der Waals surface area contributed by atoms with Gasteiger partial charge in [0.1, 0.15) is 17.7 Å². The lowest BCUT2D eigenvalue weighted by Gasteiger charge is -2.13. The lowest BCUT2D eigenvalue weighted by molar-refractivity contribution is -0.689. The van der Waals surface area contributed by atoms with Gasteiger partial charge in [-0.25, -0.2) is 4.90 Å². The van der Waals surface area contributed by atoms with Crippen molar-refractivity contribution in [3.05, 3.63) is 82.9 Å². The fourth-order valence-corrected chi connectivity index (χ4v) is 3.00. The average molecular weight is 403 g/mol. The Bertz CT molecular complexity index is 858. The summed E-state index contributed by atoms with van der Waals surface area (Å²) < 4.78 is 6.64. The van der Waals surface area contributed by atoms with Gasteiger partial charge in [0.15, 0.2) is 10.3 Å². The predicted octanol–water partition coefficient (Wildman–Crippen LogP) is 0.248. The molecule has 0 saturated carbocycles. The van der Waals surface area contributed by atoms with Crippen molar-refractivity contribution >= 4 is 28.0 Å². The number of ether oxygens (including phenoxy) is 1. The van der Waals surface area contributed by atoms with Crippen molar-refractivity contribution in [2.45, 2.75) is 0 Å². The molecule has 6 heteroatoms. The van der Waals surface area contributed by atoms with Crippen molar-refractivity contribution in [2.24, 2.45) is 9.98 Å². The van der Waals surface area contributed by atoms with E-state index in [0.29, 0.717) is 0 Å². The van der Waals surface area contributed by atoms with Gasteiger partial charge >= 0.3 is 0 Å².